The molecule has 10 heteroatoms. The number of hydrogen-bond donors (Lipinski definition) is 2. The van der Waals surface area contributed by atoms with Crippen LogP contribution in [0.15, 0.2) is 155 Å². The summed E-state index contributed by atoms with van der Waals surface area (Å²) in [6.45, 7) is 8.30. The first-order valence-electron chi connectivity index (χ1n) is 16.3. The zero-order valence-electron chi connectivity index (χ0n) is 28.3. The van der Waals surface area contributed by atoms with Crippen LogP contribution in [0.5, 0.6) is 0 Å². The summed E-state index contributed by atoms with van der Waals surface area (Å²) < 4.78 is 56.4. The number of halogens is 2. The molecule has 2 aliphatic rings. The summed E-state index contributed by atoms with van der Waals surface area (Å²) >= 11 is 12.0. The van der Waals surface area contributed by atoms with Crippen molar-refractivity contribution >= 4 is 54.4 Å². The van der Waals surface area contributed by atoms with Crippen LogP contribution >= 0.6 is 23.2 Å². The second-order valence-corrected chi connectivity index (χ2v) is 17.1. The van der Waals surface area contributed by atoms with Gasteiger partial charge in [0, 0.05) is 32.0 Å². The van der Waals surface area contributed by atoms with Gasteiger partial charge >= 0.3 is 0 Å². The average Bonchev–Trinajstić information content (AvgIpc) is 3.62. The monoisotopic (exact) mass is 746 g/mol. The minimum absolute atomic E-state index is 0.149. The highest BCUT2D eigenvalue weighted by Gasteiger charge is 2.32. The van der Waals surface area contributed by atoms with Gasteiger partial charge in [-0.1, -0.05) is 130 Å². The Kier molecular flexibility index (Phi) is 11.2. The fraction of sp³-hybridized carbons (Fsp3) is 0.200. The number of nitrogens with one attached hydrogen (secondary N) is 2. The first-order chi connectivity index (χ1) is 23.7. The van der Waals surface area contributed by atoms with Crippen molar-refractivity contribution in [1.29, 1.82) is 0 Å². The van der Waals surface area contributed by atoms with Crippen LogP contribution in [0.4, 0.5) is 0 Å². The molecule has 2 aliphatic carbocycles. The Hall–Kier alpha value is -4.08. The number of benzene rings is 4. The van der Waals surface area contributed by atoms with Gasteiger partial charge in [-0.05, 0) is 78.6 Å². The van der Waals surface area contributed by atoms with Crippen LogP contribution in [-0.2, 0) is 20.0 Å². The van der Waals surface area contributed by atoms with E-state index in [0.717, 1.165) is 35.1 Å². The predicted molar refractivity (Wildman–Crippen MR) is 205 cm³/mol. The lowest BCUT2D eigenvalue weighted by molar-refractivity contribution is 0.461. The molecule has 4 aromatic rings. The topological polar surface area (TPSA) is 92.3 Å². The van der Waals surface area contributed by atoms with Gasteiger partial charge in [-0.2, -0.15) is 0 Å². The van der Waals surface area contributed by atoms with E-state index in [2.05, 4.69) is 35.4 Å². The lowest BCUT2D eigenvalue weighted by atomic mass is 9.84. The highest BCUT2D eigenvalue weighted by molar-refractivity contribution is 7.90. The summed E-state index contributed by atoms with van der Waals surface area (Å²) in [5, 5.41) is 1.30. The Morgan fingerprint density at radius 1 is 0.520 bits per heavy atom. The van der Waals surface area contributed by atoms with Gasteiger partial charge in [0.05, 0.1) is 21.2 Å². The van der Waals surface area contributed by atoms with Gasteiger partial charge in [0.15, 0.2) is 0 Å². The molecule has 260 valence electrons. The maximum atomic E-state index is 12.8. The van der Waals surface area contributed by atoms with E-state index in [1.165, 1.54) is 0 Å². The van der Waals surface area contributed by atoms with E-state index in [9.17, 15) is 16.8 Å². The second kappa shape index (κ2) is 15.0. The van der Waals surface area contributed by atoms with Gasteiger partial charge in [0.25, 0.3) is 20.0 Å². The molecule has 0 heterocycles. The van der Waals surface area contributed by atoms with Crippen molar-refractivity contribution < 1.29 is 16.8 Å². The quantitative estimate of drug-likeness (QED) is 0.169. The first kappa shape index (κ1) is 37.2. The van der Waals surface area contributed by atoms with E-state index in [-0.39, 0.29) is 20.6 Å². The molecule has 0 radical (unpaired) electrons. The van der Waals surface area contributed by atoms with Gasteiger partial charge in [-0.15, -0.1) is 0 Å². The number of hydrogen-bond acceptors (Lipinski definition) is 4. The van der Waals surface area contributed by atoms with E-state index < -0.39 is 20.0 Å². The van der Waals surface area contributed by atoms with E-state index in [0.29, 0.717) is 21.4 Å². The van der Waals surface area contributed by atoms with Crippen LogP contribution in [0.3, 0.4) is 0 Å². The highest BCUT2D eigenvalue weighted by atomic mass is 35.5. The van der Waals surface area contributed by atoms with Gasteiger partial charge in [0.1, 0.15) is 0 Å². The Labute approximate surface area is 306 Å². The van der Waals surface area contributed by atoms with E-state index >= 15 is 0 Å². The Bertz CT molecular complexity index is 2170. The molecule has 2 N–H and O–H groups in total. The molecular weight excluding hydrogens is 707 g/mol. The summed E-state index contributed by atoms with van der Waals surface area (Å²) in [7, 11) is -7.27. The molecule has 0 saturated heterocycles. The van der Waals surface area contributed by atoms with Crippen molar-refractivity contribution in [3.05, 3.63) is 166 Å². The average molecular weight is 748 g/mol. The predicted octanol–water partition coefficient (Wildman–Crippen LogP) is 10.0. The molecule has 0 aromatic heterocycles. The molecule has 0 amide bonds. The minimum atomic E-state index is -3.64. The van der Waals surface area contributed by atoms with Crippen molar-refractivity contribution in [1.82, 2.24) is 9.44 Å². The molecule has 0 saturated carbocycles. The van der Waals surface area contributed by atoms with Crippen molar-refractivity contribution in [3.63, 3.8) is 0 Å². The largest absolute Gasteiger partial charge is 0.279 e. The molecule has 4 aromatic carbocycles. The van der Waals surface area contributed by atoms with E-state index in [4.69, 9.17) is 23.2 Å². The Balaban J connectivity index is 0.000000195. The fourth-order valence-electron chi connectivity index (χ4n) is 5.88. The third-order valence-corrected chi connectivity index (χ3v) is 12.0. The minimum Gasteiger partial charge on any atom is -0.279 e. The van der Waals surface area contributed by atoms with Crippen LogP contribution < -0.4 is 9.44 Å². The van der Waals surface area contributed by atoms with Crippen LogP contribution in [0.2, 0.25) is 10.0 Å². The molecule has 0 fully saturated rings. The van der Waals surface area contributed by atoms with Gasteiger partial charge < -0.3 is 0 Å². The normalized spacial score (nSPS) is 16.3. The number of rotatable bonds is 10. The molecular formula is C40H40Cl2N2O4S2. The smallest absolute Gasteiger partial charge is 0.261 e. The highest BCUT2D eigenvalue weighted by Crippen LogP contribution is 2.43. The third-order valence-electron chi connectivity index (χ3n) is 8.70. The molecule has 6 rings (SSSR count). The lowest BCUT2D eigenvalue weighted by Gasteiger charge is -2.20. The molecule has 0 spiro atoms. The molecule has 50 heavy (non-hydrogen) atoms. The van der Waals surface area contributed by atoms with Crippen LogP contribution in [0, 0.1) is 10.8 Å². The Morgan fingerprint density at radius 3 is 1.30 bits per heavy atom. The standard InChI is InChI=1S/C21H22ClNO2S.C19H18ClNO2S/c1-3-21(4-2)14-19(16-10-12-17(22)13-11-16)20(15-21)23-26(24,25)18-8-6-5-7-9-18;1-19(2)12-17(14-8-10-15(20)11-9-14)18(13-19)21-24(22,23)16-6-4-3-5-7-16/h5-15,23H,3-4H2,1-2H3;3-13,21H,1-2H3. The van der Waals surface area contributed by atoms with Crippen molar-refractivity contribution in [2.75, 3.05) is 0 Å². The van der Waals surface area contributed by atoms with Gasteiger partial charge in [0.2, 0.25) is 0 Å². The number of allylic oxidation sites excluding steroid dienone is 6. The summed E-state index contributed by atoms with van der Waals surface area (Å²) in [6.07, 6.45) is 9.99. The van der Waals surface area contributed by atoms with Crippen LogP contribution in [0.25, 0.3) is 11.1 Å². The molecule has 0 aliphatic heterocycles. The fourth-order valence-corrected chi connectivity index (χ4v) is 8.32. The van der Waals surface area contributed by atoms with Gasteiger partial charge in [-0.3, -0.25) is 9.44 Å². The summed E-state index contributed by atoms with van der Waals surface area (Å²) in [4.78, 5) is 0.493. The van der Waals surface area contributed by atoms with Crippen LogP contribution in [-0.4, -0.2) is 16.8 Å². The van der Waals surface area contributed by atoms with Crippen molar-refractivity contribution in [3.8, 4) is 0 Å². The molecule has 0 bridgehead atoms. The lowest BCUT2D eigenvalue weighted by Crippen LogP contribution is -2.23. The summed E-state index contributed by atoms with van der Waals surface area (Å²) in [5.41, 5.74) is 4.45. The second-order valence-electron chi connectivity index (χ2n) is 12.8. The van der Waals surface area contributed by atoms with Gasteiger partial charge in [-0.25, -0.2) is 16.8 Å². The van der Waals surface area contributed by atoms with Crippen molar-refractivity contribution in [2.45, 2.75) is 50.3 Å². The van der Waals surface area contributed by atoms with E-state index in [1.807, 2.05) is 62.4 Å². The molecule has 6 nitrogen and oxygen atoms in total. The maximum Gasteiger partial charge on any atom is 0.261 e. The first-order valence-corrected chi connectivity index (χ1v) is 20.0. The molecule has 0 unspecified atom stereocenters. The zero-order chi connectivity index (χ0) is 36.2. The maximum absolute atomic E-state index is 12.8. The zero-order valence-corrected chi connectivity index (χ0v) is 31.5. The molecule has 0 atom stereocenters. The third kappa shape index (κ3) is 8.79. The van der Waals surface area contributed by atoms with E-state index in [1.54, 1.807) is 72.8 Å². The number of sulfonamides is 2. The summed E-state index contributed by atoms with van der Waals surface area (Å²) in [6, 6.07) is 31.6. The summed E-state index contributed by atoms with van der Waals surface area (Å²) in [5.74, 6) is 0. The van der Waals surface area contributed by atoms with Crippen molar-refractivity contribution in [2.24, 2.45) is 10.8 Å². The Morgan fingerprint density at radius 2 is 0.900 bits per heavy atom. The van der Waals surface area contributed by atoms with Crippen LogP contribution in [0.1, 0.15) is 51.7 Å². The SMILES string of the molecule is CC1(C)C=C(NS(=O)(=O)c2ccccc2)C(c2ccc(Cl)cc2)=C1.CCC1(CC)C=C(NS(=O)(=O)c2ccccc2)C(c2ccc(Cl)cc2)=C1.